The van der Waals surface area contributed by atoms with Gasteiger partial charge in [0.1, 0.15) is 11.5 Å². The summed E-state index contributed by atoms with van der Waals surface area (Å²) >= 11 is 0. The van der Waals surface area contributed by atoms with Gasteiger partial charge in [0.15, 0.2) is 17.5 Å². The van der Waals surface area contributed by atoms with Gasteiger partial charge in [-0.25, -0.2) is 19.9 Å². The molecule has 2 aliphatic rings. The van der Waals surface area contributed by atoms with E-state index in [4.69, 9.17) is 24.7 Å². The Balaban J connectivity index is 0.961. The standard InChI is InChI=1S/C59H36N4O/c1-3-16-38(17-4-1)56-61-57(39-18-5-2-6-19-39)63-58(62-56)40-32-30-37(31-33-40)41-20-15-21-42(36-41)55-45-34-35-49-54(53(45)44-23-8-12-27-50(44)60-55)43-22-7-9-24-46(43)59(49)47-25-10-13-28-51(47)64-52-29-14-11-26-48(52)59/h1-36H. The molecule has 5 nitrogen and oxygen atoms in total. The average molecular weight is 817 g/mol. The summed E-state index contributed by atoms with van der Waals surface area (Å²) in [4.78, 5) is 20.2. The Bertz CT molecular complexity index is 3540. The Morgan fingerprint density at radius 3 is 1.52 bits per heavy atom. The molecule has 11 aromatic rings. The molecule has 0 bridgehead atoms. The predicted octanol–water partition coefficient (Wildman–Crippen LogP) is 14.4. The van der Waals surface area contributed by atoms with Crippen molar-refractivity contribution < 1.29 is 4.74 Å². The summed E-state index contributed by atoms with van der Waals surface area (Å²) in [5, 5.41) is 3.46. The van der Waals surface area contributed by atoms with Crippen LogP contribution in [0.4, 0.5) is 0 Å². The maximum Gasteiger partial charge on any atom is 0.164 e. The Labute approximate surface area is 370 Å². The topological polar surface area (TPSA) is 60.8 Å². The molecule has 5 heteroatoms. The monoisotopic (exact) mass is 816 g/mol. The van der Waals surface area contributed by atoms with E-state index in [1.54, 1.807) is 0 Å². The second-order valence-corrected chi connectivity index (χ2v) is 16.5. The zero-order valence-corrected chi connectivity index (χ0v) is 34.5. The molecule has 0 N–H and O–H groups in total. The number of pyridine rings is 1. The van der Waals surface area contributed by atoms with Gasteiger partial charge in [-0.2, -0.15) is 0 Å². The first-order valence-corrected chi connectivity index (χ1v) is 21.6. The first-order valence-electron chi connectivity index (χ1n) is 21.6. The summed E-state index contributed by atoms with van der Waals surface area (Å²) < 4.78 is 6.63. The molecule has 2 aromatic heterocycles. The van der Waals surface area contributed by atoms with Crippen LogP contribution < -0.4 is 4.74 Å². The van der Waals surface area contributed by atoms with E-state index < -0.39 is 5.41 Å². The molecule has 13 rings (SSSR count). The lowest BCUT2D eigenvalue weighted by molar-refractivity contribution is 0.436. The quantitative estimate of drug-likeness (QED) is 0.162. The number of nitrogens with zero attached hydrogens (tertiary/aromatic N) is 4. The van der Waals surface area contributed by atoms with Crippen LogP contribution >= 0.6 is 0 Å². The average Bonchev–Trinajstić information content (AvgIpc) is 3.67. The molecule has 0 radical (unpaired) electrons. The molecule has 1 spiro atoms. The fraction of sp³-hybridized carbons (Fsp3) is 0.0169. The SMILES string of the molecule is c1ccc(-c2nc(-c3ccccc3)nc(-c3ccc(-c4cccc(-c5nc6ccccc6c6c7c(ccc56)C5(c6ccccc6Oc6ccccc65)c5ccccc5-7)c4)cc3)n2)cc1. The molecule has 3 heterocycles. The van der Waals surface area contributed by atoms with Crippen molar-refractivity contribution in [3.8, 4) is 79.2 Å². The summed E-state index contributed by atoms with van der Waals surface area (Å²) in [5.41, 5.74) is 14.7. The van der Waals surface area contributed by atoms with Crippen molar-refractivity contribution in [2.24, 2.45) is 0 Å². The Kier molecular flexibility index (Phi) is 8.06. The van der Waals surface area contributed by atoms with E-state index in [0.29, 0.717) is 17.5 Å². The van der Waals surface area contributed by atoms with E-state index in [1.807, 2.05) is 60.7 Å². The van der Waals surface area contributed by atoms with Gasteiger partial charge in [-0.15, -0.1) is 0 Å². The minimum atomic E-state index is -0.560. The highest BCUT2D eigenvalue weighted by molar-refractivity contribution is 6.19. The highest BCUT2D eigenvalue weighted by Gasteiger charge is 2.51. The third kappa shape index (κ3) is 5.44. The molecule has 0 unspecified atom stereocenters. The molecular formula is C59H36N4O. The minimum absolute atomic E-state index is 0.560. The highest BCUT2D eigenvalue weighted by atomic mass is 16.5. The van der Waals surface area contributed by atoms with Crippen LogP contribution in [0.25, 0.3) is 89.4 Å². The van der Waals surface area contributed by atoms with Gasteiger partial charge in [0, 0.05) is 49.5 Å². The van der Waals surface area contributed by atoms with E-state index in [-0.39, 0.29) is 0 Å². The van der Waals surface area contributed by atoms with E-state index in [2.05, 4.69) is 158 Å². The molecule has 64 heavy (non-hydrogen) atoms. The molecule has 1 aliphatic heterocycles. The molecule has 0 saturated heterocycles. The molecule has 9 aromatic carbocycles. The molecule has 0 atom stereocenters. The Morgan fingerprint density at radius 2 is 0.844 bits per heavy atom. The normalized spacial score (nSPS) is 12.9. The second-order valence-electron chi connectivity index (χ2n) is 16.5. The largest absolute Gasteiger partial charge is 0.457 e. The number of para-hydroxylation sites is 3. The molecule has 0 fully saturated rings. The van der Waals surface area contributed by atoms with E-state index >= 15 is 0 Å². The molecule has 298 valence electrons. The Morgan fingerprint density at radius 1 is 0.328 bits per heavy atom. The minimum Gasteiger partial charge on any atom is -0.457 e. The van der Waals surface area contributed by atoms with Gasteiger partial charge in [-0.3, -0.25) is 0 Å². The fourth-order valence-corrected chi connectivity index (χ4v) is 10.2. The van der Waals surface area contributed by atoms with Crippen LogP contribution in [0.2, 0.25) is 0 Å². The van der Waals surface area contributed by atoms with Crippen molar-refractivity contribution >= 4 is 21.7 Å². The lowest BCUT2D eigenvalue weighted by atomic mass is 9.66. The molecule has 0 amide bonds. The van der Waals surface area contributed by atoms with Crippen molar-refractivity contribution in [1.82, 2.24) is 19.9 Å². The zero-order chi connectivity index (χ0) is 42.2. The van der Waals surface area contributed by atoms with Crippen LogP contribution in [0.3, 0.4) is 0 Å². The molecular weight excluding hydrogens is 781 g/mol. The van der Waals surface area contributed by atoms with Crippen LogP contribution in [0.15, 0.2) is 218 Å². The van der Waals surface area contributed by atoms with Gasteiger partial charge in [-0.1, -0.05) is 194 Å². The number of fused-ring (bicyclic) bond motifs is 13. The molecule has 0 saturated carbocycles. The highest BCUT2D eigenvalue weighted by Crippen LogP contribution is 2.63. The molecule has 1 aliphatic carbocycles. The predicted molar refractivity (Wildman–Crippen MR) is 257 cm³/mol. The van der Waals surface area contributed by atoms with Crippen LogP contribution in [0.1, 0.15) is 22.3 Å². The van der Waals surface area contributed by atoms with Crippen LogP contribution in [0.5, 0.6) is 11.5 Å². The van der Waals surface area contributed by atoms with Crippen LogP contribution in [-0.4, -0.2) is 19.9 Å². The first kappa shape index (κ1) is 36.1. The summed E-state index contributed by atoms with van der Waals surface area (Å²) in [7, 11) is 0. The van der Waals surface area contributed by atoms with Gasteiger partial charge in [0.2, 0.25) is 0 Å². The lowest BCUT2D eigenvalue weighted by Gasteiger charge is -2.39. The van der Waals surface area contributed by atoms with Crippen LogP contribution in [-0.2, 0) is 5.41 Å². The zero-order valence-electron chi connectivity index (χ0n) is 34.5. The number of aromatic nitrogens is 4. The van der Waals surface area contributed by atoms with Crippen molar-refractivity contribution in [1.29, 1.82) is 0 Å². The van der Waals surface area contributed by atoms with E-state index in [1.165, 1.54) is 27.6 Å². The number of ether oxygens (including phenoxy) is 1. The maximum absolute atomic E-state index is 6.63. The number of hydrogen-bond donors (Lipinski definition) is 0. The van der Waals surface area contributed by atoms with Crippen molar-refractivity contribution in [2.75, 3.05) is 0 Å². The summed E-state index contributed by atoms with van der Waals surface area (Å²) in [6.45, 7) is 0. The van der Waals surface area contributed by atoms with Gasteiger partial charge in [0.25, 0.3) is 0 Å². The van der Waals surface area contributed by atoms with Crippen LogP contribution in [0, 0.1) is 0 Å². The van der Waals surface area contributed by atoms with Crippen molar-refractivity contribution in [3.63, 3.8) is 0 Å². The van der Waals surface area contributed by atoms with E-state index in [9.17, 15) is 0 Å². The number of rotatable bonds is 5. The fourth-order valence-electron chi connectivity index (χ4n) is 10.2. The number of hydrogen-bond acceptors (Lipinski definition) is 5. The third-order valence-corrected chi connectivity index (χ3v) is 13.0. The summed E-state index contributed by atoms with van der Waals surface area (Å²) in [5.74, 6) is 3.68. The lowest BCUT2D eigenvalue weighted by Crippen LogP contribution is -2.32. The second kappa shape index (κ2) is 14.3. The van der Waals surface area contributed by atoms with Gasteiger partial charge >= 0.3 is 0 Å². The third-order valence-electron chi connectivity index (χ3n) is 13.0. The van der Waals surface area contributed by atoms with Gasteiger partial charge < -0.3 is 4.74 Å². The number of benzene rings is 9. The summed E-state index contributed by atoms with van der Waals surface area (Å²) in [6.07, 6.45) is 0. The van der Waals surface area contributed by atoms with E-state index in [0.717, 1.165) is 78.0 Å². The summed E-state index contributed by atoms with van der Waals surface area (Å²) in [6, 6.07) is 76.7. The maximum atomic E-state index is 6.63. The van der Waals surface area contributed by atoms with Crippen molar-refractivity contribution in [3.05, 3.63) is 241 Å². The van der Waals surface area contributed by atoms with Gasteiger partial charge in [0.05, 0.1) is 16.6 Å². The van der Waals surface area contributed by atoms with Crippen molar-refractivity contribution in [2.45, 2.75) is 5.41 Å². The first-order chi connectivity index (χ1) is 31.7. The van der Waals surface area contributed by atoms with Gasteiger partial charge in [-0.05, 0) is 57.6 Å². The Hall–Kier alpha value is -8.54. The smallest absolute Gasteiger partial charge is 0.164 e.